The van der Waals surface area contributed by atoms with Crippen LogP contribution in [0.25, 0.3) is 6.08 Å². The summed E-state index contributed by atoms with van der Waals surface area (Å²) in [6, 6.07) is 7.75. The first-order chi connectivity index (χ1) is 8.24. The Labute approximate surface area is 104 Å². The number of rotatable bonds is 3. The Hall–Kier alpha value is -1.94. The lowest BCUT2D eigenvalue weighted by Crippen LogP contribution is -2.17. The number of carbonyl (C=O) groups excluding carboxylic acids is 1. The number of nitrogens with one attached hydrogen (secondary N) is 2. The van der Waals surface area contributed by atoms with Crippen LogP contribution in [0, 0.1) is 6.92 Å². The fraction of sp³-hybridized carbons (Fsp3) is 0.0769. The van der Waals surface area contributed by atoms with Crippen molar-refractivity contribution < 1.29 is 9.78 Å². The summed E-state index contributed by atoms with van der Waals surface area (Å²) in [6.45, 7) is 1.98. The molecule has 1 amide bonds. The summed E-state index contributed by atoms with van der Waals surface area (Å²) < 4.78 is 0. The molecule has 17 heavy (non-hydrogen) atoms. The van der Waals surface area contributed by atoms with Gasteiger partial charge in [0.1, 0.15) is 0 Å². The van der Waals surface area contributed by atoms with Crippen LogP contribution in [-0.2, 0) is 4.79 Å². The van der Waals surface area contributed by atoms with Crippen LogP contribution >= 0.6 is 11.3 Å². The maximum atomic E-state index is 11.6. The fourth-order valence-corrected chi connectivity index (χ4v) is 1.99. The molecule has 3 nitrogen and oxygen atoms in total. The monoisotopic (exact) mass is 245 g/mol. The van der Waals surface area contributed by atoms with Crippen molar-refractivity contribution in [3.63, 3.8) is 0 Å². The molecule has 2 N–H and O–H groups in total. The van der Waals surface area contributed by atoms with Crippen molar-refractivity contribution in [3.8, 4) is 0 Å². The molecule has 0 saturated carbocycles. The molecule has 2 aromatic rings. The number of pyridine rings is 1. The second kappa shape index (κ2) is 5.41. The van der Waals surface area contributed by atoms with Crippen LogP contribution in [0.4, 0.5) is 5.82 Å². The first-order valence-electron chi connectivity index (χ1n) is 5.25. The van der Waals surface area contributed by atoms with Crippen LogP contribution in [0.5, 0.6) is 0 Å². The first kappa shape index (κ1) is 11.5. The minimum absolute atomic E-state index is 0.139. The molecule has 4 heteroatoms. The molecule has 0 bridgehead atoms. The molecule has 0 unspecified atom stereocenters. The van der Waals surface area contributed by atoms with E-state index in [0.717, 1.165) is 10.4 Å². The van der Waals surface area contributed by atoms with Gasteiger partial charge in [0.05, 0.1) is 6.20 Å². The van der Waals surface area contributed by atoms with Crippen molar-refractivity contribution in [2.24, 2.45) is 0 Å². The molecule has 0 spiro atoms. The molecule has 0 aliphatic carbocycles. The Bertz CT molecular complexity index is 532. The highest BCUT2D eigenvalue weighted by Gasteiger charge is 2.05. The van der Waals surface area contributed by atoms with E-state index in [1.54, 1.807) is 23.6 Å². The number of aromatic nitrogens is 1. The first-order valence-corrected chi connectivity index (χ1v) is 6.13. The fourth-order valence-electron chi connectivity index (χ4n) is 1.37. The molecule has 0 radical (unpaired) electrons. The van der Waals surface area contributed by atoms with Crippen LogP contribution in [0.1, 0.15) is 10.4 Å². The third-order valence-electron chi connectivity index (χ3n) is 2.16. The summed E-state index contributed by atoms with van der Waals surface area (Å²) in [6.07, 6.45) is 5.13. The van der Waals surface area contributed by atoms with E-state index >= 15 is 0 Å². The molecule has 0 saturated heterocycles. The van der Waals surface area contributed by atoms with Crippen LogP contribution in [0.3, 0.4) is 0 Å². The second-order valence-electron chi connectivity index (χ2n) is 3.62. The second-order valence-corrected chi connectivity index (χ2v) is 4.60. The summed E-state index contributed by atoms with van der Waals surface area (Å²) in [5.74, 6) is 0.561. The molecule has 2 rings (SSSR count). The van der Waals surface area contributed by atoms with Crippen LogP contribution in [-0.4, -0.2) is 5.91 Å². The van der Waals surface area contributed by atoms with Gasteiger partial charge in [-0.2, -0.15) is 0 Å². The third kappa shape index (κ3) is 3.53. The zero-order valence-corrected chi connectivity index (χ0v) is 10.3. The van der Waals surface area contributed by atoms with Gasteiger partial charge in [0, 0.05) is 17.0 Å². The van der Waals surface area contributed by atoms with E-state index in [2.05, 4.69) is 10.3 Å². The number of aromatic amines is 1. The Kier molecular flexibility index (Phi) is 3.67. The van der Waals surface area contributed by atoms with Crippen LogP contribution in [0.15, 0.2) is 41.9 Å². The highest BCUT2D eigenvalue weighted by atomic mass is 32.1. The van der Waals surface area contributed by atoms with Gasteiger partial charge in [-0.1, -0.05) is 6.07 Å². The third-order valence-corrected chi connectivity index (χ3v) is 2.99. The summed E-state index contributed by atoms with van der Waals surface area (Å²) in [5, 5.41) is 4.75. The standard InChI is InChI=1S/C13H12N2OS/c1-10-6-7-14-12(9-10)15-13(16)5-4-11-3-2-8-17-11/h2-9H,1H3,(H,14,15,16)/p+1. The lowest BCUT2D eigenvalue weighted by molar-refractivity contribution is -0.360. The largest absolute Gasteiger partial charge is 0.331 e. The Balaban J connectivity index is 1.98. The topological polar surface area (TPSA) is 43.2 Å². The number of hydrogen-bond acceptors (Lipinski definition) is 2. The van der Waals surface area contributed by atoms with E-state index in [-0.39, 0.29) is 5.91 Å². The highest BCUT2D eigenvalue weighted by molar-refractivity contribution is 7.10. The smallest absolute Gasteiger partial charge is 0.247 e. The number of carbonyl (C=O) groups is 1. The van der Waals surface area contributed by atoms with Gasteiger partial charge < -0.3 is 0 Å². The number of H-pyrrole nitrogens is 1. The molecule has 0 fully saturated rings. The normalized spacial score (nSPS) is 10.6. The van der Waals surface area contributed by atoms with Gasteiger partial charge in [-0.25, -0.2) is 15.1 Å². The van der Waals surface area contributed by atoms with Crippen molar-refractivity contribution in [2.45, 2.75) is 6.92 Å². The lowest BCUT2D eigenvalue weighted by Gasteiger charge is -1.94. The molecular weight excluding hydrogens is 232 g/mol. The molecule has 86 valence electrons. The van der Waals surface area contributed by atoms with Gasteiger partial charge in [-0.05, 0) is 36.1 Å². The van der Waals surface area contributed by atoms with E-state index < -0.39 is 0 Å². The van der Waals surface area contributed by atoms with E-state index in [1.807, 2.05) is 36.6 Å². The van der Waals surface area contributed by atoms with E-state index in [4.69, 9.17) is 0 Å². The summed E-state index contributed by atoms with van der Waals surface area (Å²) in [4.78, 5) is 15.6. The molecule has 0 atom stereocenters. The van der Waals surface area contributed by atoms with Gasteiger partial charge in [0.25, 0.3) is 5.82 Å². The van der Waals surface area contributed by atoms with Crippen molar-refractivity contribution in [2.75, 3.05) is 5.32 Å². The van der Waals surface area contributed by atoms with Crippen molar-refractivity contribution in [1.82, 2.24) is 0 Å². The Morgan fingerprint density at radius 2 is 2.35 bits per heavy atom. The van der Waals surface area contributed by atoms with Gasteiger partial charge >= 0.3 is 5.91 Å². The highest BCUT2D eigenvalue weighted by Crippen LogP contribution is 2.10. The number of hydrogen-bond donors (Lipinski definition) is 1. The number of amides is 1. The van der Waals surface area contributed by atoms with Gasteiger partial charge in [-0.3, -0.25) is 0 Å². The van der Waals surface area contributed by atoms with Crippen molar-refractivity contribution in [3.05, 3.63) is 52.4 Å². The summed E-state index contributed by atoms with van der Waals surface area (Å²) >= 11 is 1.60. The van der Waals surface area contributed by atoms with Crippen LogP contribution in [0.2, 0.25) is 0 Å². The quantitative estimate of drug-likeness (QED) is 0.830. The summed E-state index contributed by atoms with van der Waals surface area (Å²) in [5.41, 5.74) is 1.10. The SMILES string of the molecule is Cc1cc[nH+]c(NC(=O)C=Cc2cccs2)c1. The average molecular weight is 245 g/mol. The molecule has 0 aliphatic rings. The molecule has 0 aromatic carbocycles. The lowest BCUT2D eigenvalue weighted by atomic mass is 10.3. The minimum Gasteiger partial charge on any atom is -0.247 e. The van der Waals surface area contributed by atoms with Gasteiger partial charge in [0.2, 0.25) is 0 Å². The van der Waals surface area contributed by atoms with Gasteiger partial charge in [0.15, 0.2) is 0 Å². The van der Waals surface area contributed by atoms with Crippen molar-refractivity contribution >= 4 is 29.1 Å². The molecule has 0 aliphatic heterocycles. The molecular formula is C13H13N2OS+. The zero-order valence-electron chi connectivity index (χ0n) is 9.44. The summed E-state index contributed by atoms with van der Waals surface area (Å²) in [7, 11) is 0. The molecule has 2 heterocycles. The average Bonchev–Trinajstić information content (AvgIpc) is 2.79. The maximum absolute atomic E-state index is 11.6. The van der Waals surface area contributed by atoms with E-state index in [0.29, 0.717) is 5.82 Å². The molecule has 2 aromatic heterocycles. The maximum Gasteiger partial charge on any atom is 0.331 e. The predicted molar refractivity (Wildman–Crippen MR) is 69.7 cm³/mol. The van der Waals surface area contributed by atoms with E-state index in [9.17, 15) is 4.79 Å². The number of thiophene rings is 1. The number of aryl methyl sites for hydroxylation is 1. The number of anilines is 1. The van der Waals surface area contributed by atoms with Crippen molar-refractivity contribution in [1.29, 1.82) is 0 Å². The predicted octanol–water partition coefficient (Wildman–Crippen LogP) is 2.52. The Morgan fingerprint density at radius 3 is 3.06 bits per heavy atom. The minimum atomic E-state index is -0.139. The van der Waals surface area contributed by atoms with Gasteiger partial charge in [-0.15, -0.1) is 11.3 Å². The van der Waals surface area contributed by atoms with Crippen LogP contribution < -0.4 is 10.3 Å². The van der Waals surface area contributed by atoms with E-state index in [1.165, 1.54) is 6.08 Å². The zero-order chi connectivity index (χ0) is 12.1. The Morgan fingerprint density at radius 1 is 1.47 bits per heavy atom.